The number of rotatable bonds is 5. The van der Waals surface area contributed by atoms with Crippen molar-refractivity contribution in [3.05, 3.63) is 65.2 Å². The lowest BCUT2D eigenvalue weighted by Gasteiger charge is -2.17. The van der Waals surface area contributed by atoms with Crippen LogP contribution in [0.4, 0.5) is 4.39 Å². The molecule has 0 amide bonds. The predicted octanol–water partition coefficient (Wildman–Crippen LogP) is 2.31. The summed E-state index contributed by atoms with van der Waals surface area (Å²) in [6.07, 6.45) is 3.53. The van der Waals surface area contributed by atoms with Crippen molar-refractivity contribution < 1.29 is 4.39 Å². The molecule has 1 aromatic heterocycles. The Hall–Kier alpha value is -1.78. The summed E-state index contributed by atoms with van der Waals surface area (Å²) in [5.74, 6) is -0.188. The zero-order chi connectivity index (χ0) is 13.7. The molecule has 2 N–H and O–H groups in total. The summed E-state index contributed by atoms with van der Waals surface area (Å²) in [6.45, 7) is 1.55. The maximum absolute atomic E-state index is 14.1. The van der Waals surface area contributed by atoms with E-state index in [0.29, 0.717) is 17.7 Å². The average molecular weight is 259 g/mol. The van der Waals surface area contributed by atoms with Crippen LogP contribution in [-0.2, 0) is 19.6 Å². The first kappa shape index (κ1) is 13.6. The molecule has 2 aromatic rings. The van der Waals surface area contributed by atoms with E-state index in [4.69, 9.17) is 5.73 Å². The van der Waals surface area contributed by atoms with E-state index in [9.17, 15) is 4.39 Å². The van der Waals surface area contributed by atoms with Gasteiger partial charge in [-0.1, -0.05) is 18.2 Å². The molecule has 0 spiro atoms. The van der Waals surface area contributed by atoms with Gasteiger partial charge in [-0.15, -0.1) is 0 Å². The van der Waals surface area contributed by atoms with Crippen LogP contribution in [0.5, 0.6) is 0 Å². The highest BCUT2D eigenvalue weighted by Crippen LogP contribution is 2.15. The first-order valence-electron chi connectivity index (χ1n) is 6.24. The van der Waals surface area contributed by atoms with Crippen LogP contribution >= 0.6 is 0 Å². The summed E-state index contributed by atoms with van der Waals surface area (Å²) in [5.41, 5.74) is 7.92. The number of aromatic nitrogens is 1. The molecule has 1 aromatic carbocycles. The normalized spacial score (nSPS) is 10.9. The van der Waals surface area contributed by atoms with Crippen LogP contribution < -0.4 is 5.73 Å². The third-order valence-corrected chi connectivity index (χ3v) is 3.02. The lowest BCUT2D eigenvalue weighted by Crippen LogP contribution is -2.18. The molecular weight excluding hydrogens is 241 g/mol. The van der Waals surface area contributed by atoms with Gasteiger partial charge in [0, 0.05) is 43.2 Å². The third kappa shape index (κ3) is 3.59. The van der Waals surface area contributed by atoms with E-state index >= 15 is 0 Å². The fourth-order valence-electron chi connectivity index (χ4n) is 2.06. The number of halogens is 1. The fraction of sp³-hybridized carbons (Fsp3) is 0.267. The molecule has 2 rings (SSSR count). The number of pyridine rings is 1. The first-order chi connectivity index (χ1) is 9.20. The number of hydrogen-bond donors (Lipinski definition) is 1. The molecule has 0 bridgehead atoms. The van der Waals surface area contributed by atoms with Crippen LogP contribution in [0.15, 0.2) is 42.7 Å². The van der Waals surface area contributed by atoms with Crippen molar-refractivity contribution in [3.63, 3.8) is 0 Å². The van der Waals surface area contributed by atoms with Gasteiger partial charge in [-0.2, -0.15) is 0 Å². The summed E-state index contributed by atoms with van der Waals surface area (Å²) in [7, 11) is 1.97. The number of benzene rings is 1. The van der Waals surface area contributed by atoms with E-state index in [0.717, 1.165) is 12.1 Å². The predicted molar refractivity (Wildman–Crippen MR) is 73.7 cm³/mol. The molecule has 1 heterocycles. The quantitative estimate of drug-likeness (QED) is 0.896. The summed E-state index contributed by atoms with van der Waals surface area (Å²) in [4.78, 5) is 6.04. The van der Waals surface area contributed by atoms with Gasteiger partial charge in [0.15, 0.2) is 0 Å². The van der Waals surface area contributed by atoms with Gasteiger partial charge in [-0.25, -0.2) is 4.39 Å². The van der Waals surface area contributed by atoms with E-state index in [2.05, 4.69) is 9.88 Å². The maximum Gasteiger partial charge on any atom is 0.132 e. The van der Waals surface area contributed by atoms with Crippen molar-refractivity contribution in [2.75, 3.05) is 7.05 Å². The van der Waals surface area contributed by atoms with Gasteiger partial charge in [0.1, 0.15) is 5.82 Å². The van der Waals surface area contributed by atoms with Crippen molar-refractivity contribution >= 4 is 0 Å². The summed E-state index contributed by atoms with van der Waals surface area (Å²) in [6, 6.07) is 9.30. The Balaban J connectivity index is 2.05. The molecule has 0 aliphatic rings. The average Bonchev–Trinajstić information content (AvgIpc) is 2.42. The molecule has 0 atom stereocenters. The minimum atomic E-state index is -0.188. The number of nitrogens with two attached hydrogens (primary N) is 1. The van der Waals surface area contributed by atoms with E-state index in [-0.39, 0.29) is 12.4 Å². The molecule has 19 heavy (non-hydrogen) atoms. The largest absolute Gasteiger partial charge is 0.326 e. The van der Waals surface area contributed by atoms with Crippen LogP contribution in [0.25, 0.3) is 0 Å². The van der Waals surface area contributed by atoms with Crippen molar-refractivity contribution in [2.24, 2.45) is 5.73 Å². The van der Waals surface area contributed by atoms with Crippen LogP contribution in [0, 0.1) is 5.82 Å². The molecule has 100 valence electrons. The molecule has 4 heteroatoms. The Kier molecular flexibility index (Phi) is 4.60. The van der Waals surface area contributed by atoms with Crippen molar-refractivity contribution in [1.29, 1.82) is 0 Å². The molecule has 0 fully saturated rings. The smallest absolute Gasteiger partial charge is 0.132 e. The molecule has 0 aliphatic heterocycles. The topological polar surface area (TPSA) is 42.2 Å². The standard InChI is InChI=1S/C15H18FN3/c1-19(10-12-5-7-18-8-6-12)11-14-4-2-3-13(9-17)15(14)16/h2-8H,9-11,17H2,1H3. The lowest BCUT2D eigenvalue weighted by atomic mass is 10.1. The van der Waals surface area contributed by atoms with Crippen molar-refractivity contribution in [2.45, 2.75) is 19.6 Å². The molecule has 0 radical (unpaired) electrons. The zero-order valence-corrected chi connectivity index (χ0v) is 11.0. The molecule has 0 saturated carbocycles. The van der Waals surface area contributed by atoms with Gasteiger partial charge in [0.25, 0.3) is 0 Å². The lowest BCUT2D eigenvalue weighted by molar-refractivity contribution is 0.313. The highest BCUT2D eigenvalue weighted by Gasteiger charge is 2.09. The molecule has 0 aliphatic carbocycles. The number of nitrogens with zero attached hydrogens (tertiary/aromatic N) is 2. The van der Waals surface area contributed by atoms with Gasteiger partial charge in [0.2, 0.25) is 0 Å². The maximum atomic E-state index is 14.1. The highest BCUT2D eigenvalue weighted by atomic mass is 19.1. The van der Waals surface area contributed by atoms with E-state index < -0.39 is 0 Å². The van der Waals surface area contributed by atoms with Crippen LogP contribution in [0.3, 0.4) is 0 Å². The third-order valence-electron chi connectivity index (χ3n) is 3.02. The zero-order valence-electron chi connectivity index (χ0n) is 11.0. The minimum absolute atomic E-state index is 0.188. The van der Waals surface area contributed by atoms with E-state index in [1.165, 1.54) is 0 Å². The second-order valence-electron chi connectivity index (χ2n) is 4.62. The Morgan fingerprint density at radius 3 is 2.47 bits per heavy atom. The van der Waals surface area contributed by atoms with Crippen LogP contribution in [0.2, 0.25) is 0 Å². The Labute approximate surface area is 112 Å². The van der Waals surface area contributed by atoms with Crippen LogP contribution in [-0.4, -0.2) is 16.9 Å². The van der Waals surface area contributed by atoms with Crippen molar-refractivity contribution in [3.8, 4) is 0 Å². The molecule has 0 unspecified atom stereocenters. The minimum Gasteiger partial charge on any atom is -0.326 e. The van der Waals surface area contributed by atoms with Crippen LogP contribution in [0.1, 0.15) is 16.7 Å². The monoisotopic (exact) mass is 259 g/mol. The highest BCUT2D eigenvalue weighted by molar-refractivity contribution is 5.26. The SMILES string of the molecule is CN(Cc1ccncc1)Cc1cccc(CN)c1F. The molecule has 0 saturated heterocycles. The second-order valence-corrected chi connectivity index (χ2v) is 4.62. The van der Waals surface area contributed by atoms with E-state index in [1.54, 1.807) is 24.5 Å². The fourth-order valence-corrected chi connectivity index (χ4v) is 2.06. The molecule has 3 nitrogen and oxygen atoms in total. The van der Waals surface area contributed by atoms with Gasteiger partial charge < -0.3 is 5.73 Å². The number of hydrogen-bond acceptors (Lipinski definition) is 3. The Morgan fingerprint density at radius 2 is 1.79 bits per heavy atom. The van der Waals surface area contributed by atoms with Gasteiger partial charge in [-0.05, 0) is 24.7 Å². The molecular formula is C15H18FN3. The van der Waals surface area contributed by atoms with Crippen molar-refractivity contribution in [1.82, 2.24) is 9.88 Å². The first-order valence-corrected chi connectivity index (χ1v) is 6.24. The summed E-state index contributed by atoms with van der Waals surface area (Å²) in [5, 5.41) is 0. The van der Waals surface area contributed by atoms with E-state index in [1.807, 2.05) is 25.2 Å². The Bertz CT molecular complexity index is 528. The summed E-state index contributed by atoms with van der Waals surface area (Å²) < 4.78 is 14.1. The van der Waals surface area contributed by atoms with Gasteiger partial charge in [-0.3, -0.25) is 9.88 Å². The van der Waals surface area contributed by atoms with Gasteiger partial charge in [0.05, 0.1) is 0 Å². The Morgan fingerprint density at radius 1 is 1.11 bits per heavy atom. The second kappa shape index (κ2) is 6.41. The van der Waals surface area contributed by atoms with Gasteiger partial charge >= 0.3 is 0 Å². The summed E-state index contributed by atoms with van der Waals surface area (Å²) >= 11 is 0.